The second-order valence-corrected chi connectivity index (χ2v) is 4.21. The number of hydrogen-bond acceptors (Lipinski definition) is 6. The summed E-state index contributed by atoms with van der Waals surface area (Å²) in [4.78, 5) is 35.3. The van der Waals surface area contributed by atoms with E-state index in [1.165, 1.54) is 18.1 Å². The highest BCUT2D eigenvalue weighted by Gasteiger charge is 2.26. The number of nitrogens with zero attached hydrogens (tertiary/aromatic N) is 1. The van der Waals surface area contributed by atoms with Gasteiger partial charge in [-0.15, -0.1) is 0 Å². The van der Waals surface area contributed by atoms with E-state index in [1.54, 1.807) is 0 Å². The van der Waals surface area contributed by atoms with E-state index in [1.807, 2.05) is 0 Å². The lowest BCUT2D eigenvalue weighted by molar-refractivity contribution is -0.130. The summed E-state index contributed by atoms with van der Waals surface area (Å²) in [6.07, 6.45) is 0. The van der Waals surface area contributed by atoms with Crippen LogP contribution in [-0.2, 0) is 14.3 Å². The summed E-state index contributed by atoms with van der Waals surface area (Å²) in [5.41, 5.74) is 5.39. The highest BCUT2D eigenvalue weighted by atomic mass is 19.1. The number of hydrogen-bond donors (Lipinski definition) is 2. The average molecular weight is 281 g/mol. The van der Waals surface area contributed by atoms with E-state index in [-0.39, 0.29) is 30.0 Å². The van der Waals surface area contributed by atoms with E-state index in [0.29, 0.717) is 0 Å². The lowest BCUT2D eigenvalue weighted by Gasteiger charge is -2.28. The third-order valence-corrected chi connectivity index (χ3v) is 2.81. The molecular weight excluding hydrogens is 269 g/mol. The number of nitrogens with one attached hydrogen (secondary N) is 1. The number of anilines is 2. The molecule has 0 spiro atoms. The predicted octanol–water partition coefficient (Wildman–Crippen LogP) is -0.343. The fourth-order valence-corrected chi connectivity index (χ4v) is 1.91. The van der Waals surface area contributed by atoms with Crippen molar-refractivity contribution in [1.29, 1.82) is 0 Å². The van der Waals surface area contributed by atoms with Crippen molar-refractivity contribution < 1.29 is 23.5 Å². The summed E-state index contributed by atoms with van der Waals surface area (Å²) in [5.74, 6) is -2.54. The number of nitrogens with two attached hydrogens (primary N) is 1. The molecule has 106 valence electrons. The molecule has 0 unspecified atom stereocenters. The van der Waals surface area contributed by atoms with E-state index in [9.17, 15) is 18.8 Å². The lowest BCUT2D eigenvalue weighted by Crippen LogP contribution is -2.51. The van der Waals surface area contributed by atoms with Gasteiger partial charge in [-0.3, -0.25) is 14.9 Å². The van der Waals surface area contributed by atoms with Crippen LogP contribution < -0.4 is 16.0 Å². The first-order valence-corrected chi connectivity index (χ1v) is 5.67. The van der Waals surface area contributed by atoms with Crippen LogP contribution in [0.5, 0.6) is 0 Å². The van der Waals surface area contributed by atoms with Crippen molar-refractivity contribution in [2.45, 2.75) is 0 Å². The molecule has 0 bridgehead atoms. The number of nitrogen functional groups attached to an aromatic ring is 1. The minimum Gasteiger partial charge on any atom is -0.465 e. The lowest BCUT2D eigenvalue weighted by atomic mass is 10.1. The summed E-state index contributed by atoms with van der Waals surface area (Å²) in [5, 5.41) is 2.10. The molecule has 0 radical (unpaired) electrons. The molecule has 0 saturated carbocycles. The van der Waals surface area contributed by atoms with Crippen molar-refractivity contribution in [3.8, 4) is 0 Å². The first-order valence-electron chi connectivity index (χ1n) is 5.67. The molecule has 0 atom stereocenters. The van der Waals surface area contributed by atoms with Crippen molar-refractivity contribution in [2.24, 2.45) is 0 Å². The largest absolute Gasteiger partial charge is 0.465 e. The molecule has 3 N–H and O–H groups in total. The molecule has 0 aliphatic carbocycles. The van der Waals surface area contributed by atoms with E-state index < -0.39 is 23.6 Å². The Hall–Kier alpha value is -2.64. The molecule has 2 rings (SSSR count). The fourth-order valence-electron chi connectivity index (χ4n) is 1.91. The van der Waals surface area contributed by atoms with Crippen LogP contribution in [0.1, 0.15) is 10.4 Å². The van der Waals surface area contributed by atoms with Gasteiger partial charge in [0.25, 0.3) is 0 Å². The highest BCUT2D eigenvalue weighted by Crippen LogP contribution is 2.26. The molecule has 20 heavy (non-hydrogen) atoms. The van der Waals surface area contributed by atoms with Gasteiger partial charge in [-0.2, -0.15) is 0 Å². The standard InChI is InChI=1S/C12H12FN3O4/c1-20-12(19)6-2-9(7(13)3-8(6)14)16-4-10(17)15-11(18)5-16/h2-3H,4-5,14H2,1H3,(H,15,17,18). The molecule has 1 fully saturated rings. The molecule has 1 saturated heterocycles. The summed E-state index contributed by atoms with van der Waals surface area (Å²) >= 11 is 0. The maximum absolute atomic E-state index is 13.9. The number of imide groups is 1. The normalized spacial score (nSPS) is 15.0. The van der Waals surface area contributed by atoms with Gasteiger partial charge in [0.05, 0.1) is 31.5 Å². The van der Waals surface area contributed by atoms with Crippen LogP contribution >= 0.6 is 0 Å². The third-order valence-electron chi connectivity index (χ3n) is 2.81. The number of esters is 1. The van der Waals surface area contributed by atoms with Gasteiger partial charge in [-0.05, 0) is 12.1 Å². The first-order chi connectivity index (χ1) is 9.42. The van der Waals surface area contributed by atoms with Crippen LogP contribution in [0.3, 0.4) is 0 Å². The van der Waals surface area contributed by atoms with Gasteiger partial charge in [0.2, 0.25) is 11.8 Å². The fraction of sp³-hybridized carbons (Fsp3) is 0.250. The Kier molecular flexibility index (Phi) is 3.55. The number of rotatable bonds is 2. The molecule has 1 aliphatic heterocycles. The number of carbonyl (C=O) groups is 3. The van der Waals surface area contributed by atoms with E-state index >= 15 is 0 Å². The zero-order valence-electron chi connectivity index (χ0n) is 10.6. The minimum atomic E-state index is -0.725. The second kappa shape index (κ2) is 5.16. The number of halogens is 1. The smallest absolute Gasteiger partial charge is 0.340 e. The summed E-state index contributed by atoms with van der Waals surface area (Å²) in [6, 6.07) is 2.13. The van der Waals surface area contributed by atoms with Gasteiger partial charge >= 0.3 is 5.97 Å². The average Bonchev–Trinajstić information content (AvgIpc) is 2.36. The Morgan fingerprint density at radius 1 is 1.35 bits per heavy atom. The molecule has 2 amide bonds. The molecule has 7 nitrogen and oxygen atoms in total. The van der Waals surface area contributed by atoms with Gasteiger partial charge < -0.3 is 15.4 Å². The topological polar surface area (TPSA) is 102 Å². The Bertz CT molecular complexity index is 587. The van der Waals surface area contributed by atoms with Gasteiger partial charge in [-0.25, -0.2) is 9.18 Å². The van der Waals surface area contributed by atoms with Crippen molar-refractivity contribution in [3.05, 3.63) is 23.5 Å². The third kappa shape index (κ3) is 2.53. The predicted molar refractivity (Wildman–Crippen MR) is 67.5 cm³/mol. The molecule has 1 aromatic rings. The first kappa shape index (κ1) is 13.8. The zero-order chi connectivity index (χ0) is 14.9. The van der Waals surface area contributed by atoms with Crippen molar-refractivity contribution in [1.82, 2.24) is 5.32 Å². The molecular formula is C12H12FN3O4. The van der Waals surface area contributed by atoms with Gasteiger partial charge in [0.1, 0.15) is 5.82 Å². The molecule has 1 aliphatic rings. The van der Waals surface area contributed by atoms with Crippen molar-refractivity contribution in [2.75, 3.05) is 30.8 Å². The van der Waals surface area contributed by atoms with Crippen LogP contribution in [0.25, 0.3) is 0 Å². The van der Waals surface area contributed by atoms with Crippen LogP contribution in [0.2, 0.25) is 0 Å². The Morgan fingerprint density at radius 2 is 1.95 bits per heavy atom. The molecule has 0 aromatic heterocycles. The summed E-state index contributed by atoms with van der Waals surface area (Å²) in [7, 11) is 1.17. The summed E-state index contributed by atoms with van der Waals surface area (Å²) < 4.78 is 18.5. The number of ether oxygens (including phenoxy) is 1. The maximum atomic E-state index is 13.9. The van der Waals surface area contributed by atoms with Gasteiger partial charge in [-0.1, -0.05) is 0 Å². The van der Waals surface area contributed by atoms with E-state index in [4.69, 9.17) is 5.73 Å². The Labute approximate surface area is 113 Å². The number of methoxy groups -OCH3 is 1. The monoisotopic (exact) mass is 281 g/mol. The number of carbonyl (C=O) groups excluding carboxylic acids is 3. The van der Waals surface area contributed by atoms with Crippen LogP contribution in [0, 0.1) is 5.82 Å². The Morgan fingerprint density at radius 3 is 2.50 bits per heavy atom. The molecule has 8 heteroatoms. The zero-order valence-corrected chi connectivity index (χ0v) is 10.6. The van der Waals surface area contributed by atoms with Crippen molar-refractivity contribution >= 4 is 29.2 Å². The number of piperazine rings is 1. The minimum absolute atomic E-state index is 0.0256. The van der Waals surface area contributed by atoms with Gasteiger partial charge in [0, 0.05) is 5.69 Å². The van der Waals surface area contributed by atoms with E-state index in [2.05, 4.69) is 10.1 Å². The number of benzene rings is 1. The van der Waals surface area contributed by atoms with E-state index in [0.717, 1.165) is 6.07 Å². The van der Waals surface area contributed by atoms with Gasteiger partial charge in [0.15, 0.2) is 0 Å². The van der Waals surface area contributed by atoms with Crippen molar-refractivity contribution in [3.63, 3.8) is 0 Å². The molecule has 1 aromatic carbocycles. The maximum Gasteiger partial charge on any atom is 0.340 e. The number of amides is 2. The molecule has 1 heterocycles. The quantitative estimate of drug-likeness (QED) is 0.437. The van der Waals surface area contributed by atoms with Crippen LogP contribution in [0.4, 0.5) is 15.8 Å². The Balaban J connectivity index is 2.43. The van der Waals surface area contributed by atoms with Crippen LogP contribution in [-0.4, -0.2) is 38.0 Å². The SMILES string of the molecule is COC(=O)c1cc(N2CC(=O)NC(=O)C2)c(F)cc1N. The highest BCUT2D eigenvalue weighted by molar-refractivity contribution is 6.03. The second-order valence-electron chi connectivity index (χ2n) is 4.21. The summed E-state index contributed by atoms with van der Waals surface area (Å²) in [6.45, 7) is -0.375. The van der Waals surface area contributed by atoms with Crippen LogP contribution in [0.15, 0.2) is 12.1 Å².